The molecular weight excluding hydrogens is 244 g/mol. The summed E-state index contributed by atoms with van der Waals surface area (Å²) in [6.45, 7) is 7.86. The smallest absolute Gasteiger partial charge is 0.268 e. The highest BCUT2D eigenvalue weighted by Crippen LogP contribution is 2.00. The van der Waals surface area contributed by atoms with Gasteiger partial charge in [0.2, 0.25) is 0 Å². The van der Waals surface area contributed by atoms with E-state index < -0.39 is 0 Å². The van der Waals surface area contributed by atoms with Crippen LogP contribution in [-0.4, -0.2) is 54.1 Å². The molecule has 0 aliphatic carbocycles. The van der Waals surface area contributed by atoms with Gasteiger partial charge in [-0.3, -0.25) is 9.69 Å². The molecule has 0 aromatic carbocycles. The Balaban J connectivity index is 1.87. The number of hydrogen-bond acceptors (Lipinski definition) is 5. The van der Waals surface area contributed by atoms with Crippen molar-refractivity contribution >= 4 is 5.69 Å². The van der Waals surface area contributed by atoms with Gasteiger partial charge < -0.3 is 10.1 Å². The van der Waals surface area contributed by atoms with Crippen LogP contribution in [0.2, 0.25) is 0 Å². The lowest BCUT2D eigenvalue weighted by Gasteiger charge is -2.26. The summed E-state index contributed by atoms with van der Waals surface area (Å²) in [6.07, 6.45) is 2.75. The van der Waals surface area contributed by atoms with Crippen LogP contribution in [0.1, 0.15) is 13.3 Å². The van der Waals surface area contributed by atoms with Gasteiger partial charge in [0.15, 0.2) is 0 Å². The van der Waals surface area contributed by atoms with Crippen LogP contribution in [0.3, 0.4) is 0 Å². The second kappa shape index (κ2) is 7.25. The van der Waals surface area contributed by atoms with Gasteiger partial charge in [0, 0.05) is 32.2 Å². The zero-order valence-corrected chi connectivity index (χ0v) is 11.5. The lowest BCUT2D eigenvalue weighted by molar-refractivity contribution is 0.0358. The maximum atomic E-state index is 11.9. The molecule has 1 aliphatic rings. The first-order chi connectivity index (χ1) is 9.29. The van der Waals surface area contributed by atoms with Crippen LogP contribution in [0, 0.1) is 0 Å². The van der Waals surface area contributed by atoms with Gasteiger partial charge in [0.25, 0.3) is 5.56 Å². The van der Waals surface area contributed by atoms with Crippen molar-refractivity contribution in [3.05, 3.63) is 22.6 Å². The van der Waals surface area contributed by atoms with Crippen LogP contribution in [0.15, 0.2) is 17.1 Å². The maximum absolute atomic E-state index is 11.9. The zero-order chi connectivity index (χ0) is 13.5. The molecule has 1 aliphatic heterocycles. The molecule has 0 saturated carbocycles. The lowest BCUT2D eigenvalue weighted by Crippen LogP contribution is -2.39. The lowest BCUT2D eigenvalue weighted by atomic mass is 10.4. The van der Waals surface area contributed by atoms with E-state index in [-0.39, 0.29) is 5.56 Å². The Morgan fingerprint density at radius 2 is 2.16 bits per heavy atom. The van der Waals surface area contributed by atoms with Crippen LogP contribution in [0.25, 0.3) is 0 Å². The molecular formula is C13H22N4O2. The fraction of sp³-hybridized carbons (Fsp3) is 0.692. The Morgan fingerprint density at radius 1 is 1.37 bits per heavy atom. The summed E-state index contributed by atoms with van der Waals surface area (Å²) in [5.41, 5.74) is 0.754. The van der Waals surface area contributed by atoms with Crippen LogP contribution in [0.5, 0.6) is 0 Å². The van der Waals surface area contributed by atoms with E-state index in [1.165, 1.54) is 4.68 Å². The summed E-state index contributed by atoms with van der Waals surface area (Å²) in [5, 5.41) is 7.36. The van der Waals surface area contributed by atoms with Gasteiger partial charge >= 0.3 is 0 Å². The molecule has 2 rings (SSSR count). The van der Waals surface area contributed by atoms with Crippen molar-refractivity contribution < 1.29 is 4.74 Å². The number of ether oxygens (including phenoxy) is 1. The van der Waals surface area contributed by atoms with Gasteiger partial charge in [-0.05, 0) is 6.42 Å². The molecule has 0 bridgehead atoms. The van der Waals surface area contributed by atoms with E-state index in [2.05, 4.69) is 22.2 Å². The first kappa shape index (κ1) is 14.0. The Hall–Kier alpha value is -1.40. The molecule has 1 N–H and O–H groups in total. The Kier molecular flexibility index (Phi) is 5.35. The molecule has 1 fully saturated rings. The molecule has 0 amide bonds. The van der Waals surface area contributed by atoms with Crippen molar-refractivity contribution in [2.24, 2.45) is 0 Å². The van der Waals surface area contributed by atoms with Crippen molar-refractivity contribution in [1.82, 2.24) is 14.7 Å². The SMILES string of the molecule is CCCNc1cnn(CCN2CCOCC2)c(=O)c1. The number of hydrogen-bond donors (Lipinski definition) is 1. The van der Waals surface area contributed by atoms with Crippen LogP contribution in [-0.2, 0) is 11.3 Å². The average molecular weight is 266 g/mol. The van der Waals surface area contributed by atoms with E-state index in [4.69, 9.17) is 4.74 Å². The molecule has 0 spiro atoms. The average Bonchev–Trinajstić information content (AvgIpc) is 2.45. The van der Waals surface area contributed by atoms with E-state index in [0.29, 0.717) is 6.54 Å². The third-order valence-electron chi connectivity index (χ3n) is 3.18. The Morgan fingerprint density at radius 3 is 2.84 bits per heavy atom. The fourth-order valence-electron chi connectivity index (χ4n) is 2.03. The Bertz CT molecular complexity index is 441. The van der Waals surface area contributed by atoms with E-state index in [1.54, 1.807) is 12.3 Å². The monoisotopic (exact) mass is 266 g/mol. The van der Waals surface area contributed by atoms with E-state index in [0.717, 1.165) is 51.5 Å². The molecule has 1 saturated heterocycles. The summed E-state index contributed by atoms with van der Waals surface area (Å²) in [5.74, 6) is 0. The predicted molar refractivity (Wildman–Crippen MR) is 74.5 cm³/mol. The van der Waals surface area contributed by atoms with Crippen molar-refractivity contribution in [2.45, 2.75) is 19.9 Å². The van der Waals surface area contributed by atoms with Gasteiger partial charge in [0.1, 0.15) is 0 Å². The minimum absolute atomic E-state index is 0.0469. The fourth-order valence-corrected chi connectivity index (χ4v) is 2.03. The summed E-state index contributed by atoms with van der Waals surface area (Å²) in [4.78, 5) is 14.2. The minimum atomic E-state index is -0.0469. The summed E-state index contributed by atoms with van der Waals surface area (Å²) < 4.78 is 6.82. The maximum Gasteiger partial charge on any atom is 0.268 e. The molecule has 6 heteroatoms. The van der Waals surface area contributed by atoms with Crippen molar-refractivity contribution in [2.75, 3.05) is 44.7 Å². The predicted octanol–water partition coefficient (Wildman–Crippen LogP) is 0.397. The van der Waals surface area contributed by atoms with Gasteiger partial charge in [-0.2, -0.15) is 5.10 Å². The minimum Gasteiger partial charge on any atom is -0.384 e. The number of aromatic nitrogens is 2. The number of anilines is 1. The molecule has 1 aromatic rings. The summed E-state index contributed by atoms with van der Waals surface area (Å²) >= 11 is 0. The highest BCUT2D eigenvalue weighted by molar-refractivity contribution is 5.38. The van der Waals surface area contributed by atoms with Gasteiger partial charge in [-0.25, -0.2) is 4.68 Å². The van der Waals surface area contributed by atoms with Gasteiger partial charge in [0.05, 0.1) is 31.6 Å². The second-order valence-corrected chi connectivity index (χ2v) is 4.69. The van der Waals surface area contributed by atoms with Crippen LogP contribution >= 0.6 is 0 Å². The van der Waals surface area contributed by atoms with Crippen LogP contribution in [0.4, 0.5) is 5.69 Å². The number of nitrogens with zero attached hydrogens (tertiary/aromatic N) is 3. The molecule has 6 nitrogen and oxygen atoms in total. The largest absolute Gasteiger partial charge is 0.384 e. The van der Waals surface area contributed by atoms with Crippen molar-refractivity contribution in [3.63, 3.8) is 0 Å². The van der Waals surface area contributed by atoms with Crippen LogP contribution < -0.4 is 10.9 Å². The standard InChI is InChI=1S/C13H22N4O2/c1-2-3-14-12-10-13(18)17(15-11-12)5-4-16-6-8-19-9-7-16/h10-11,14H,2-9H2,1H3. The third-order valence-corrected chi connectivity index (χ3v) is 3.18. The first-order valence-electron chi connectivity index (χ1n) is 6.90. The number of morpholine rings is 1. The van der Waals surface area contributed by atoms with Crippen molar-refractivity contribution in [3.8, 4) is 0 Å². The third kappa shape index (κ3) is 4.33. The molecule has 0 radical (unpaired) electrons. The highest BCUT2D eigenvalue weighted by atomic mass is 16.5. The van der Waals surface area contributed by atoms with E-state index in [9.17, 15) is 4.79 Å². The number of nitrogens with one attached hydrogen (secondary N) is 1. The van der Waals surface area contributed by atoms with E-state index >= 15 is 0 Å². The summed E-state index contributed by atoms with van der Waals surface area (Å²) in [6, 6.07) is 1.61. The van der Waals surface area contributed by atoms with Gasteiger partial charge in [-0.15, -0.1) is 0 Å². The molecule has 2 heterocycles. The van der Waals surface area contributed by atoms with Gasteiger partial charge in [-0.1, -0.05) is 6.92 Å². The Labute approximate surface area is 113 Å². The quantitative estimate of drug-likeness (QED) is 0.807. The molecule has 0 unspecified atom stereocenters. The van der Waals surface area contributed by atoms with E-state index in [1.807, 2.05) is 0 Å². The normalized spacial score (nSPS) is 16.5. The number of rotatable bonds is 6. The first-order valence-corrected chi connectivity index (χ1v) is 6.90. The molecule has 1 aromatic heterocycles. The highest BCUT2D eigenvalue weighted by Gasteiger charge is 2.10. The van der Waals surface area contributed by atoms with Crippen molar-refractivity contribution in [1.29, 1.82) is 0 Å². The molecule has 0 atom stereocenters. The summed E-state index contributed by atoms with van der Waals surface area (Å²) in [7, 11) is 0. The topological polar surface area (TPSA) is 59.4 Å². The molecule has 106 valence electrons. The molecule has 19 heavy (non-hydrogen) atoms. The second-order valence-electron chi connectivity index (χ2n) is 4.69. The zero-order valence-electron chi connectivity index (χ0n) is 11.5.